The second-order valence-corrected chi connectivity index (χ2v) is 7.06. The molecule has 1 aliphatic heterocycles. The summed E-state index contributed by atoms with van der Waals surface area (Å²) in [6.07, 6.45) is 0. The van der Waals surface area contributed by atoms with E-state index in [1.807, 2.05) is 55.1 Å². The number of thioether (sulfide) groups is 1. The number of carbonyl (C=O) groups is 1. The molecule has 1 amide bonds. The molecular weight excluding hydrogens is 322 g/mol. The molecule has 5 nitrogen and oxygen atoms in total. The Balaban J connectivity index is 1.74. The minimum atomic E-state index is -0.180. The molecule has 6 heteroatoms. The average molecular weight is 343 g/mol. The van der Waals surface area contributed by atoms with Crippen LogP contribution in [-0.2, 0) is 9.53 Å². The van der Waals surface area contributed by atoms with Gasteiger partial charge < -0.3 is 9.64 Å². The summed E-state index contributed by atoms with van der Waals surface area (Å²) in [5.74, 6) is 0.853. The number of benzene rings is 1. The van der Waals surface area contributed by atoms with Crippen molar-refractivity contribution in [2.75, 3.05) is 26.3 Å². The van der Waals surface area contributed by atoms with Crippen LogP contribution in [0.25, 0.3) is 11.3 Å². The van der Waals surface area contributed by atoms with Gasteiger partial charge >= 0.3 is 0 Å². The van der Waals surface area contributed by atoms with E-state index in [1.165, 1.54) is 11.8 Å². The van der Waals surface area contributed by atoms with E-state index in [1.54, 1.807) is 0 Å². The molecule has 0 unspecified atom stereocenters. The topological polar surface area (TPSA) is 55.3 Å². The van der Waals surface area contributed by atoms with E-state index in [4.69, 9.17) is 4.74 Å². The Labute approximate surface area is 146 Å². The maximum absolute atomic E-state index is 12.5. The first-order chi connectivity index (χ1) is 11.6. The number of hydrogen-bond donors (Lipinski definition) is 0. The van der Waals surface area contributed by atoms with Gasteiger partial charge in [0.15, 0.2) is 0 Å². The van der Waals surface area contributed by atoms with Crippen LogP contribution in [0.1, 0.15) is 12.7 Å². The van der Waals surface area contributed by atoms with Gasteiger partial charge in [-0.25, -0.2) is 9.97 Å². The van der Waals surface area contributed by atoms with E-state index < -0.39 is 0 Å². The molecule has 2 heterocycles. The zero-order valence-corrected chi connectivity index (χ0v) is 14.8. The second-order valence-electron chi connectivity index (χ2n) is 5.70. The van der Waals surface area contributed by atoms with Gasteiger partial charge in [0.2, 0.25) is 5.91 Å². The molecule has 3 rings (SSSR count). The summed E-state index contributed by atoms with van der Waals surface area (Å²) in [6.45, 7) is 6.39. The molecule has 1 atom stereocenters. The fourth-order valence-corrected chi connectivity index (χ4v) is 3.61. The van der Waals surface area contributed by atoms with Gasteiger partial charge in [0.1, 0.15) is 10.9 Å². The Kier molecular flexibility index (Phi) is 5.48. The summed E-state index contributed by atoms with van der Waals surface area (Å²) in [5.41, 5.74) is 1.94. The number of ether oxygens (including phenoxy) is 1. The first-order valence-corrected chi connectivity index (χ1v) is 8.96. The monoisotopic (exact) mass is 343 g/mol. The molecule has 1 saturated heterocycles. The van der Waals surface area contributed by atoms with Gasteiger partial charge in [-0.1, -0.05) is 42.1 Å². The summed E-state index contributed by atoms with van der Waals surface area (Å²) in [4.78, 5) is 23.4. The Bertz CT molecular complexity index is 703. The van der Waals surface area contributed by atoms with Crippen LogP contribution in [0, 0.1) is 6.92 Å². The van der Waals surface area contributed by atoms with E-state index >= 15 is 0 Å². The molecule has 0 aliphatic carbocycles. The Morgan fingerprint density at radius 3 is 2.62 bits per heavy atom. The van der Waals surface area contributed by atoms with E-state index in [0.717, 1.165) is 16.3 Å². The predicted molar refractivity (Wildman–Crippen MR) is 94.9 cm³/mol. The molecule has 2 aromatic rings. The van der Waals surface area contributed by atoms with Crippen LogP contribution in [0.3, 0.4) is 0 Å². The van der Waals surface area contributed by atoms with E-state index in [2.05, 4.69) is 9.97 Å². The van der Waals surface area contributed by atoms with Crippen molar-refractivity contribution in [3.8, 4) is 11.3 Å². The molecule has 0 saturated carbocycles. The van der Waals surface area contributed by atoms with Crippen LogP contribution < -0.4 is 0 Å². The van der Waals surface area contributed by atoms with Crippen molar-refractivity contribution in [2.45, 2.75) is 24.1 Å². The van der Waals surface area contributed by atoms with Crippen molar-refractivity contribution in [1.82, 2.24) is 14.9 Å². The number of aromatic nitrogens is 2. The minimum absolute atomic E-state index is 0.140. The van der Waals surface area contributed by atoms with E-state index in [9.17, 15) is 4.79 Å². The van der Waals surface area contributed by atoms with E-state index in [-0.39, 0.29) is 11.2 Å². The Morgan fingerprint density at radius 1 is 1.21 bits per heavy atom. The molecule has 24 heavy (non-hydrogen) atoms. The molecule has 0 spiro atoms. The SMILES string of the molecule is Cc1nc(S[C@H](C)C(=O)N2CCOCC2)cc(-c2ccccc2)n1. The first kappa shape index (κ1) is 16.9. The largest absolute Gasteiger partial charge is 0.378 e. The third kappa shape index (κ3) is 4.13. The number of nitrogens with zero attached hydrogens (tertiary/aromatic N) is 3. The fourth-order valence-electron chi connectivity index (χ4n) is 2.63. The van der Waals surface area contributed by atoms with Crippen LogP contribution in [0.15, 0.2) is 41.4 Å². The van der Waals surface area contributed by atoms with Gasteiger partial charge in [0, 0.05) is 18.7 Å². The smallest absolute Gasteiger partial charge is 0.235 e. The highest BCUT2D eigenvalue weighted by Gasteiger charge is 2.23. The van der Waals surface area contributed by atoms with Crippen LogP contribution in [0.2, 0.25) is 0 Å². The van der Waals surface area contributed by atoms with Gasteiger partial charge in [-0.05, 0) is 19.9 Å². The summed E-state index contributed by atoms with van der Waals surface area (Å²) in [5, 5.41) is 0.650. The standard InChI is InChI=1S/C18H21N3O2S/c1-13(18(22)21-8-10-23-11-9-21)24-17-12-16(19-14(2)20-17)15-6-4-3-5-7-15/h3-7,12-13H,8-11H2,1-2H3/t13-/m1/s1. The summed E-state index contributed by atoms with van der Waals surface area (Å²) in [7, 11) is 0. The number of aryl methyl sites for hydroxylation is 1. The highest BCUT2D eigenvalue weighted by Crippen LogP contribution is 2.27. The zero-order chi connectivity index (χ0) is 16.9. The lowest BCUT2D eigenvalue weighted by molar-refractivity contribution is -0.134. The molecule has 0 N–H and O–H groups in total. The van der Waals surface area contributed by atoms with Gasteiger partial charge in [-0.3, -0.25) is 4.79 Å². The van der Waals surface area contributed by atoms with Gasteiger partial charge in [0.05, 0.1) is 24.2 Å². The van der Waals surface area contributed by atoms with E-state index in [0.29, 0.717) is 32.1 Å². The lowest BCUT2D eigenvalue weighted by Gasteiger charge is -2.29. The molecule has 1 aromatic heterocycles. The normalized spacial score (nSPS) is 16.0. The van der Waals surface area contributed by atoms with Crippen molar-refractivity contribution in [1.29, 1.82) is 0 Å². The number of morpholine rings is 1. The van der Waals surface area contributed by atoms with Crippen molar-refractivity contribution in [3.05, 3.63) is 42.2 Å². The lowest BCUT2D eigenvalue weighted by atomic mass is 10.1. The van der Waals surface area contributed by atoms with Crippen molar-refractivity contribution >= 4 is 17.7 Å². The van der Waals surface area contributed by atoms with Crippen LogP contribution in [0.4, 0.5) is 0 Å². The second kappa shape index (κ2) is 7.77. The van der Waals surface area contributed by atoms with Crippen LogP contribution >= 0.6 is 11.8 Å². The summed E-state index contributed by atoms with van der Waals surface area (Å²) >= 11 is 1.49. The zero-order valence-electron chi connectivity index (χ0n) is 13.9. The molecule has 0 radical (unpaired) electrons. The molecule has 1 aromatic carbocycles. The average Bonchev–Trinajstić information content (AvgIpc) is 2.62. The minimum Gasteiger partial charge on any atom is -0.378 e. The Morgan fingerprint density at radius 2 is 1.92 bits per heavy atom. The van der Waals surface area contributed by atoms with Gasteiger partial charge in [-0.15, -0.1) is 0 Å². The maximum atomic E-state index is 12.5. The van der Waals surface area contributed by atoms with Crippen molar-refractivity contribution < 1.29 is 9.53 Å². The third-order valence-electron chi connectivity index (χ3n) is 3.85. The van der Waals surface area contributed by atoms with Crippen LogP contribution in [0.5, 0.6) is 0 Å². The summed E-state index contributed by atoms with van der Waals surface area (Å²) in [6, 6.07) is 12.0. The first-order valence-electron chi connectivity index (χ1n) is 8.08. The van der Waals surface area contributed by atoms with Crippen molar-refractivity contribution in [3.63, 3.8) is 0 Å². The molecular formula is C18H21N3O2S. The number of rotatable bonds is 4. The number of amides is 1. The molecule has 126 valence electrons. The van der Waals surface area contributed by atoms with Crippen LogP contribution in [-0.4, -0.2) is 52.3 Å². The molecule has 0 bridgehead atoms. The lowest BCUT2D eigenvalue weighted by Crippen LogP contribution is -2.44. The maximum Gasteiger partial charge on any atom is 0.235 e. The van der Waals surface area contributed by atoms with Crippen molar-refractivity contribution in [2.24, 2.45) is 0 Å². The summed E-state index contributed by atoms with van der Waals surface area (Å²) < 4.78 is 5.31. The molecule has 1 fully saturated rings. The van der Waals surface area contributed by atoms with Gasteiger partial charge in [-0.2, -0.15) is 0 Å². The molecule has 1 aliphatic rings. The number of carbonyl (C=O) groups excluding carboxylic acids is 1. The highest BCUT2D eigenvalue weighted by atomic mass is 32.2. The number of hydrogen-bond acceptors (Lipinski definition) is 5. The van der Waals surface area contributed by atoms with Gasteiger partial charge in [0.25, 0.3) is 0 Å². The third-order valence-corrected chi connectivity index (χ3v) is 4.86. The highest BCUT2D eigenvalue weighted by molar-refractivity contribution is 8.00. The quantitative estimate of drug-likeness (QED) is 0.631. The Hall–Kier alpha value is -1.92. The fraction of sp³-hybridized carbons (Fsp3) is 0.389. The predicted octanol–water partition coefficient (Wildman–Crippen LogP) is 2.79.